The second-order valence-electron chi connectivity index (χ2n) is 13.1. The normalized spacial score (nSPS) is 13.9. The van der Waals surface area contributed by atoms with Crippen molar-refractivity contribution >= 4 is 11.7 Å². The number of pyridine rings is 2. The van der Waals surface area contributed by atoms with Crippen molar-refractivity contribution in [3.05, 3.63) is 133 Å². The molecular weight excluding hydrogens is 584 g/mol. The van der Waals surface area contributed by atoms with Gasteiger partial charge in [-0.15, -0.1) is 0 Å². The first kappa shape index (κ1) is 30.2. The highest BCUT2D eigenvalue weighted by Crippen LogP contribution is 2.43. The average Bonchev–Trinajstić information content (AvgIpc) is 3.45. The van der Waals surface area contributed by atoms with Crippen LogP contribution in [0.5, 0.6) is 5.88 Å². The quantitative estimate of drug-likeness (QED) is 0.183. The molecule has 1 N–H and O–H groups in total. The third-order valence-electron chi connectivity index (χ3n) is 8.62. The predicted molar refractivity (Wildman–Crippen MR) is 185 cm³/mol. The topological polar surface area (TPSA) is 77.8 Å². The summed E-state index contributed by atoms with van der Waals surface area (Å²) in [6.45, 7) is 6.08. The third kappa shape index (κ3) is 6.34. The Kier molecular flexibility index (Phi) is 7.98. The molecule has 7 rings (SSSR count). The molecule has 0 spiro atoms. The molecule has 1 saturated carbocycles. The van der Waals surface area contributed by atoms with Gasteiger partial charge in [0, 0.05) is 34.6 Å². The van der Waals surface area contributed by atoms with Crippen LogP contribution in [0, 0.1) is 0 Å². The van der Waals surface area contributed by atoms with Crippen molar-refractivity contribution in [1.29, 1.82) is 0 Å². The fourth-order valence-corrected chi connectivity index (χ4v) is 6.19. The van der Waals surface area contributed by atoms with E-state index in [-0.39, 0.29) is 6.09 Å². The molecule has 6 aromatic rings. The number of amides is 1. The van der Waals surface area contributed by atoms with Crippen molar-refractivity contribution in [2.24, 2.45) is 0 Å². The molecule has 47 heavy (non-hydrogen) atoms. The van der Waals surface area contributed by atoms with Crippen LogP contribution in [-0.4, -0.2) is 26.1 Å². The van der Waals surface area contributed by atoms with Gasteiger partial charge in [0.2, 0.25) is 5.88 Å². The number of hydrogen-bond donors (Lipinski definition) is 1. The molecule has 236 valence electrons. The monoisotopic (exact) mass is 622 g/mol. The Bertz CT molecular complexity index is 2010. The number of ether oxygens (including phenoxy) is 2. The highest BCUT2D eigenvalue weighted by molar-refractivity contribution is 5.83. The molecule has 3 aromatic carbocycles. The summed E-state index contributed by atoms with van der Waals surface area (Å²) in [5, 5.41) is 3.17. The number of carbonyl (C=O) groups is 1. The minimum atomic E-state index is -0.552. The highest BCUT2D eigenvalue weighted by Gasteiger charge is 2.41. The summed E-state index contributed by atoms with van der Waals surface area (Å²) in [5.74, 6) is 0.581. The highest BCUT2D eigenvalue weighted by atomic mass is 16.6. The standard InChI is InChI=1S/C40H38N4O3/c1-39(2,3)47-38(45)43-40(23-11-24-40)32-20-17-29(18-21-32)35-36(30-14-8-5-9-15-30)44-26-31(19-22-34(44)42-35)33-16-10-25-41-37(33)46-27-28-12-6-4-7-13-28/h4-10,12-22,25-26H,11,23-24,27H2,1-3H3,(H,43,45). The van der Waals surface area contributed by atoms with Crippen molar-refractivity contribution in [3.8, 4) is 39.5 Å². The summed E-state index contributed by atoms with van der Waals surface area (Å²) in [5.41, 5.74) is 7.85. The summed E-state index contributed by atoms with van der Waals surface area (Å²) in [6, 6.07) is 37.0. The molecule has 1 aliphatic rings. The van der Waals surface area contributed by atoms with Crippen LogP contribution >= 0.6 is 0 Å². The number of fused-ring (bicyclic) bond motifs is 1. The van der Waals surface area contributed by atoms with Crippen LogP contribution in [0.2, 0.25) is 0 Å². The molecule has 1 aliphatic carbocycles. The zero-order valence-corrected chi connectivity index (χ0v) is 26.9. The molecule has 7 heteroatoms. The first-order valence-corrected chi connectivity index (χ1v) is 16.1. The number of alkyl carbamates (subject to hydrolysis) is 1. The molecular formula is C40H38N4O3. The van der Waals surface area contributed by atoms with Gasteiger partial charge in [-0.2, -0.15) is 0 Å². The van der Waals surface area contributed by atoms with Crippen LogP contribution in [0.25, 0.3) is 39.3 Å². The Hall–Kier alpha value is -5.43. The molecule has 0 bridgehead atoms. The van der Waals surface area contributed by atoms with Gasteiger partial charge >= 0.3 is 6.09 Å². The summed E-state index contributed by atoms with van der Waals surface area (Å²) in [4.78, 5) is 22.4. The lowest BCUT2D eigenvalue weighted by atomic mass is 9.71. The SMILES string of the molecule is CC(C)(C)OC(=O)NC1(c2ccc(-c3nc4ccc(-c5cccnc5OCc5ccccc5)cn4c3-c3ccccc3)cc2)CCC1. The lowest BCUT2D eigenvalue weighted by molar-refractivity contribution is 0.0377. The fraction of sp³-hybridized carbons (Fsp3) is 0.225. The average molecular weight is 623 g/mol. The van der Waals surface area contributed by atoms with Crippen molar-refractivity contribution in [3.63, 3.8) is 0 Å². The Morgan fingerprint density at radius 3 is 2.21 bits per heavy atom. The Morgan fingerprint density at radius 2 is 1.53 bits per heavy atom. The molecule has 1 amide bonds. The zero-order chi connectivity index (χ0) is 32.4. The zero-order valence-electron chi connectivity index (χ0n) is 26.9. The van der Waals surface area contributed by atoms with Gasteiger partial charge in [-0.3, -0.25) is 4.40 Å². The second kappa shape index (κ2) is 12.4. The Morgan fingerprint density at radius 1 is 0.830 bits per heavy atom. The molecule has 0 radical (unpaired) electrons. The van der Waals surface area contributed by atoms with Gasteiger partial charge in [0.05, 0.1) is 16.9 Å². The summed E-state index contributed by atoms with van der Waals surface area (Å²) in [6.07, 6.45) is 6.30. The smallest absolute Gasteiger partial charge is 0.408 e. The van der Waals surface area contributed by atoms with Crippen LogP contribution in [-0.2, 0) is 16.9 Å². The molecule has 0 aliphatic heterocycles. The Labute approximate surface area is 275 Å². The van der Waals surface area contributed by atoms with Crippen molar-refractivity contribution in [2.45, 2.75) is 57.8 Å². The van der Waals surface area contributed by atoms with E-state index in [0.717, 1.165) is 69.7 Å². The number of nitrogens with one attached hydrogen (secondary N) is 1. The van der Waals surface area contributed by atoms with Crippen molar-refractivity contribution < 1.29 is 14.3 Å². The van der Waals surface area contributed by atoms with E-state index in [0.29, 0.717) is 12.5 Å². The lowest BCUT2D eigenvalue weighted by Gasteiger charge is -2.43. The summed E-state index contributed by atoms with van der Waals surface area (Å²) < 4.78 is 14.0. The van der Waals surface area contributed by atoms with Crippen LogP contribution < -0.4 is 10.1 Å². The third-order valence-corrected chi connectivity index (χ3v) is 8.62. The van der Waals surface area contributed by atoms with E-state index in [9.17, 15) is 4.79 Å². The number of nitrogens with zero attached hydrogens (tertiary/aromatic N) is 3. The summed E-state index contributed by atoms with van der Waals surface area (Å²) >= 11 is 0. The molecule has 0 saturated heterocycles. The second-order valence-corrected chi connectivity index (χ2v) is 13.1. The fourth-order valence-electron chi connectivity index (χ4n) is 6.19. The van der Waals surface area contributed by atoms with Crippen molar-refractivity contribution in [2.75, 3.05) is 0 Å². The largest absolute Gasteiger partial charge is 0.472 e. The number of imidazole rings is 1. The van der Waals surface area contributed by atoms with E-state index in [4.69, 9.17) is 14.5 Å². The Balaban J connectivity index is 1.25. The van der Waals surface area contributed by atoms with Gasteiger partial charge in [-0.25, -0.2) is 14.8 Å². The van der Waals surface area contributed by atoms with E-state index < -0.39 is 11.1 Å². The molecule has 7 nitrogen and oxygen atoms in total. The number of carbonyl (C=O) groups excluding carboxylic acids is 1. The van der Waals surface area contributed by atoms with E-state index in [1.807, 2.05) is 87.5 Å². The minimum Gasteiger partial charge on any atom is -0.472 e. The maximum Gasteiger partial charge on any atom is 0.408 e. The summed E-state index contributed by atoms with van der Waals surface area (Å²) in [7, 11) is 0. The maximum atomic E-state index is 12.7. The number of hydrogen-bond acceptors (Lipinski definition) is 5. The van der Waals surface area contributed by atoms with E-state index in [1.54, 1.807) is 6.20 Å². The lowest BCUT2D eigenvalue weighted by Crippen LogP contribution is -2.52. The molecule has 3 heterocycles. The van der Waals surface area contributed by atoms with Gasteiger partial charge in [0.1, 0.15) is 17.9 Å². The van der Waals surface area contributed by atoms with Gasteiger partial charge in [0.15, 0.2) is 0 Å². The molecule has 3 aromatic heterocycles. The van der Waals surface area contributed by atoms with Gasteiger partial charge < -0.3 is 14.8 Å². The first-order chi connectivity index (χ1) is 22.8. The van der Waals surface area contributed by atoms with E-state index in [2.05, 4.69) is 63.4 Å². The number of aromatic nitrogens is 3. The van der Waals surface area contributed by atoms with E-state index >= 15 is 0 Å². The first-order valence-electron chi connectivity index (χ1n) is 16.1. The number of rotatable bonds is 8. The predicted octanol–water partition coefficient (Wildman–Crippen LogP) is 9.21. The number of benzene rings is 3. The van der Waals surface area contributed by atoms with Gasteiger partial charge in [0.25, 0.3) is 0 Å². The molecule has 0 atom stereocenters. The maximum absolute atomic E-state index is 12.7. The van der Waals surface area contributed by atoms with Gasteiger partial charge in [-0.05, 0) is 75.4 Å². The van der Waals surface area contributed by atoms with Crippen LogP contribution in [0.1, 0.15) is 51.2 Å². The molecule has 1 fully saturated rings. The minimum absolute atomic E-state index is 0.383. The van der Waals surface area contributed by atoms with Crippen LogP contribution in [0.15, 0.2) is 122 Å². The van der Waals surface area contributed by atoms with E-state index in [1.165, 1.54) is 0 Å². The van der Waals surface area contributed by atoms with Crippen LogP contribution in [0.3, 0.4) is 0 Å². The van der Waals surface area contributed by atoms with Crippen LogP contribution in [0.4, 0.5) is 4.79 Å². The van der Waals surface area contributed by atoms with Crippen molar-refractivity contribution in [1.82, 2.24) is 19.7 Å². The molecule has 0 unspecified atom stereocenters. The van der Waals surface area contributed by atoms with Gasteiger partial charge in [-0.1, -0.05) is 84.9 Å².